The molecule has 0 aromatic heterocycles. The van der Waals surface area contributed by atoms with Crippen molar-refractivity contribution in [1.82, 2.24) is 0 Å². The predicted molar refractivity (Wildman–Crippen MR) is 74.3 cm³/mol. The molecule has 1 N–H and O–H groups in total. The molecule has 0 heterocycles. The Bertz CT molecular complexity index is 474. The van der Waals surface area contributed by atoms with Gasteiger partial charge < -0.3 is 19.3 Å². The fraction of sp³-hybridized carbons (Fsp3) is 0.385. The number of hydrogen-bond donors (Lipinski definition) is 1. The minimum Gasteiger partial charge on any atom is -0.490 e. The second-order valence-corrected chi connectivity index (χ2v) is 4.65. The molecule has 0 saturated carbocycles. The number of carbonyl (C=O) groups is 2. The SMILES string of the molecule is COCCOc1ccc(C(=O)COCC(=O)O)cc1Br. The van der Waals surface area contributed by atoms with Crippen molar-refractivity contribution in [2.24, 2.45) is 0 Å². The number of ether oxygens (including phenoxy) is 3. The van der Waals surface area contributed by atoms with Crippen molar-refractivity contribution in [3.8, 4) is 5.75 Å². The van der Waals surface area contributed by atoms with Crippen LogP contribution in [0.25, 0.3) is 0 Å². The Morgan fingerprint density at radius 2 is 2.00 bits per heavy atom. The zero-order valence-electron chi connectivity index (χ0n) is 10.9. The maximum Gasteiger partial charge on any atom is 0.329 e. The van der Waals surface area contributed by atoms with Crippen LogP contribution in [0.1, 0.15) is 10.4 Å². The van der Waals surface area contributed by atoms with Crippen molar-refractivity contribution in [3.05, 3.63) is 28.2 Å². The lowest BCUT2D eigenvalue weighted by Crippen LogP contribution is -2.14. The van der Waals surface area contributed by atoms with E-state index in [1.54, 1.807) is 25.3 Å². The fourth-order valence-corrected chi connectivity index (χ4v) is 1.83. The van der Waals surface area contributed by atoms with Gasteiger partial charge in [-0.05, 0) is 34.1 Å². The Morgan fingerprint density at radius 1 is 1.25 bits per heavy atom. The van der Waals surface area contributed by atoms with Gasteiger partial charge in [-0.3, -0.25) is 4.79 Å². The lowest BCUT2D eigenvalue weighted by Gasteiger charge is -2.09. The van der Waals surface area contributed by atoms with Gasteiger partial charge in [0.25, 0.3) is 0 Å². The molecule has 0 aliphatic rings. The Balaban J connectivity index is 2.57. The normalized spacial score (nSPS) is 10.3. The van der Waals surface area contributed by atoms with Crippen LogP contribution >= 0.6 is 15.9 Å². The molecule has 0 radical (unpaired) electrons. The average molecular weight is 347 g/mol. The van der Waals surface area contributed by atoms with Crippen molar-refractivity contribution in [2.75, 3.05) is 33.5 Å². The van der Waals surface area contributed by atoms with Crippen LogP contribution in [0.5, 0.6) is 5.75 Å². The molecule has 0 saturated heterocycles. The Labute approximate surface area is 124 Å². The van der Waals surface area contributed by atoms with Crippen LogP contribution in [0.2, 0.25) is 0 Å². The van der Waals surface area contributed by atoms with Crippen molar-refractivity contribution in [1.29, 1.82) is 0 Å². The first kappa shape index (κ1) is 16.6. The number of carboxylic acid groups (broad SMARTS) is 1. The fourth-order valence-electron chi connectivity index (χ4n) is 1.34. The molecule has 110 valence electrons. The van der Waals surface area contributed by atoms with Crippen molar-refractivity contribution in [3.63, 3.8) is 0 Å². The zero-order valence-corrected chi connectivity index (χ0v) is 12.5. The molecule has 0 bridgehead atoms. The number of carboxylic acids is 1. The summed E-state index contributed by atoms with van der Waals surface area (Å²) in [6, 6.07) is 4.86. The first-order chi connectivity index (χ1) is 9.54. The van der Waals surface area contributed by atoms with E-state index in [4.69, 9.17) is 19.3 Å². The zero-order chi connectivity index (χ0) is 15.0. The van der Waals surface area contributed by atoms with E-state index in [2.05, 4.69) is 15.9 Å². The molecule has 0 aliphatic carbocycles. The van der Waals surface area contributed by atoms with Crippen molar-refractivity contribution < 1.29 is 28.9 Å². The van der Waals surface area contributed by atoms with Crippen molar-refractivity contribution >= 4 is 27.7 Å². The summed E-state index contributed by atoms with van der Waals surface area (Å²) in [4.78, 5) is 22.0. The molecule has 0 unspecified atom stereocenters. The molecule has 0 amide bonds. The molecule has 0 fully saturated rings. The quantitative estimate of drug-likeness (QED) is 0.542. The van der Waals surface area contributed by atoms with E-state index in [1.165, 1.54) is 0 Å². The van der Waals surface area contributed by atoms with Crippen LogP contribution < -0.4 is 4.74 Å². The number of rotatable bonds is 9. The van der Waals surface area contributed by atoms with Gasteiger partial charge >= 0.3 is 5.97 Å². The van der Waals surface area contributed by atoms with Gasteiger partial charge in [0.05, 0.1) is 11.1 Å². The smallest absolute Gasteiger partial charge is 0.329 e. The number of hydrogen-bond acceptors (Lipinski definition) is 5. The second-order valence-electron chi connectivity index (χ2n) is 3.80. The molecule has 20 heavy (non-hydrogen) atoms. The lowest BCUT2D eigenvalue weighted by molar-refractivity contribution is -0.141. The summed E-state index contributed by atoms with van der Waals surface area (Å²) in [5.41, 5.74) is 0.418. The molecular formula is C13H15BrO6. The molecule has 1 aromatic carbocycles. The van der Waals surface area contributed by atoms with Crippen LogP contribution in [-0.4, -0.2) is 50.4 Å². The van der Waals surface area contributed by atoms with Crippen LogP contribution in [0.15, 0.2) is 22.7 Å². The number of carbonyl (C=O) groups excluding carboxylic acids is 1. The summed E-state index contributed by atoms with van der Waals surface area (Å²) < 4.78 is 15.7. The predicted octanol–water partition coefficient (Wildman–Crippen LogP) is 1.76. The summed E-state index contributed by atoms with van der Waals surface area (Å²) in [6.07, 6.45) is 0. The van der Waals surface area contributed by atoms with Gasteiger partial charge in [0, 0.05) is 12.7 Å². The van der Waals surface area contributed by atoms with Gasteiger partial charge in [-0.15, -0.1) is 0 Å². The van der Waals surface area contributed by atoms with Crippen molar-refractivity contribution in [2.45, 2.75) is 0 Å². The third kappa shape index (κ3) is 5.68. The number of methoxy groups -OCH3 is 1. The molecule has 7 heteroatoms. The molecule has 6 nitrogen and oxygen atoms in total. The number of aliphatic carboxylic acids is 1. The Hall–Kier alpha value is -1.44. The highest BCUT2D eigenvalue weighted by atomic mass is 79.9. The van der Waals surface area contributed by atoms with E-state index in [1.807, 2.05) is 0 Å². The highest BCUT2D eigenvalue weighted by Gasteiger charge is 2.10. The van der Waals surface area contributed by atoms with Gasteiger partial charge in [-0.1, -0.05) is 0 Å². The molecule has 0 spiro atoms. The number of halogens is 1. The highest BCUT2D eigenvalue weighted by molar-refractivity contribution is 9.10. The third-order valence-corrected chi connectivity index (χ3v) is 2.88. The standard InChI is InChI=1S/C13H15BrO6/c1-18-4-5-20-12-3-2-9(6-10(12)14)11(15)7-19-8-13(16)17/h2-3,6H,4-5,7-8H2,1H3,(H,16,17). The number of benzene rings is 1. The van der Waals surface area contributed by atoms with Crippen LogP contribution in [0, 0.1) is 0 Å². The minimum atomic E-state index is -1.11. The van der Waals surface area contributed by atoms with Crippen LogP contribution in [0.3, 0.4) is 0 Å². The van der Waals surface area contributed by atoms with E-state index in [9.17, 15) is 9.59 Å². The first-order valence-electron chi connectivity index (χ1n) is 5.78. The summed E-state index contributed by atoms with van der Waals surface area (Å²) in [5, 5.41) is 8.41. The number of Topliss-reactive ketones (excluding diaryl/α,β-unsaturated/α-hetero) is 1. The average Bonchev–Trinajstić information content (AvgIpc) is 2.40. The van der Waals surface area contributed by atoms with E-state index in [-0.39, 0.29) is 12.4 Å². The summed E-state index contributed by atoms with van der Waals surface area (Å²) in [7, 11) is 1.58. The molecular weight excluding hydrogens is 332 g/mol. The van der Waals surface area contributed by atoms with Crippen LogP contribution in [0.4, 0.5) is 0 Å². The highest BCUT2D eigenvalue weighted by Crippen LogP contribution is 2.26. The molecule has 1 aromatic rings. The van der Waals surface area contributed by atoms with E-state index < -0.39 is 12.6 Å². The van der Waals surface area contributed by atoms with Gasteiger partial charge in [-0.25, -0.2) is 4.79 Å². The van der Waals surface area contributed by atoms with Gasteiger partial charge in [0.15, 0.2) is 5.78 Å². The molecule has 0 atom stereocenters. The summed E-state index contributed by atoms with van der Waals surface area (Å²) in [5.74, 6) is -0.804. The van der Waals surface area contributed by atoms with Crippen LogP contribution in [-0.2, 0) is 14.3 Å². The number of ketones is 1. The third-order valence-electron chi connectivity index (χ3n) is 2.26. The van der Waals surface area contributed by atoms with E-state index in [0.717, 1.165) is 0 Å². The Morgan fingerprint density at radius 3 is 2.60 bits per heavy atom. The topological polar surface area (TPSA) is 82.1 Å². The lowest BCUT2D eigenvalue weighted by atomic mass is 10.1. The monoisotopic (exact) mass is 346 g/mol. The van der Waals surface area contributed by atoms with E-state index in [0.29, 0.717) is 29.0 Å². The maximum atomic E-state index is 11.8. The summed E-state index contributed by atoms with van der Waals surface area (Å²) >= 11 is 3.31. The maximum absolute atomic E-state index is 11.8. The van der Waals surface area contributed by atoms with Gasteiger partial charge in [-0.2, -0.15) is 0 Å². The minimum absolute atomic E-state index is 0.275. The second kappa shape index (κ2) is 8.68. The molecule has 1 rings (SSSR count). The Kier molecular flexibility index (Phi) is 7.21. The molecule has 0 aliphatic heterocycles. The van der Waals surface area contributed by atoms with Gasteiger partial charge in [0.2, 0.25) is 0 Å². The largest absolute Gasteiger partial charge is 0.490 e. The summed E-state index contributed by atoms with van der Waals surface area (Å²) in [6.45, 7) is 0.105. The van der Waals surface area contributed by atoms with Gasteiger partial charge in [0.1, 0.15) is 25.6 Å². The first-order valence-corrected chi connectivity index (χ1v) is 6.58. The van der Waals surface area contributed by atoms with E-state index >= 15 is 0 Å².